The maximum atomic E-state index is 3.52. The van der Waals surface area contributed by atoms with Crippen molar-refractivity contribution in [3.05, 3.63) is 39.2 Å². The highest BCUT2D eigenvalue weighted by atomic mass is 79.9. The summed E-state index contributed by atoms with van der Waals surface area (Å²) in [4.78, 5) is 0. The summed E-state index contributed by atoms with van der Waals surface area (Å²) in [5.41, 5.74) is 2.55. The number of benzene rings is 1. The summed E-state index contributed by atoms with van der Waals surface area (Å²) < 4.78 is 1.19. The fourth-order valence-corrected chi connectivity index (χ4v) is 2.42. The van der Waals surface area contributed by atoms with Crippen molar-refractivity contribution in [3.63, 3.8) is 0 Å². The van der Waals surface area contributed by atoms with E-state index in [1.807, 2.05) is 11.8 Å². The van der Waals surface area contributed by atoms with Gasteiger partial charge < -0.3 is 0 Å². The van der Waals surface area contributed by atoms with Crippen molar-refractivity contribution in [1.82, 2.24) is 0 Å². The molecule has 0 radical (unpaired) electrons. The van der Waals surface area contributed by atoms with Gasteiger partial charge in [-0.05, 0) is 40.2 Å². The second-order valence-electron chi connectivity index (χ2n) is 2.79. The van der Waals surface area contributed by atoms with Crippen LogP contribution in [-0.2, 0) is 0 Å². The first-order valence-corrected chi connectivity index (χ1v) is 6.07. The first-order valence-electron chi connectivity index (χ1n) is 4.29. The van der Waals surface area contributed by atoms with Gasteiger partial charge in [0, 0.05) is 0 Å². The van der Waals surface area contributed by atoms with Gasteiger partial charge in [0.15, 0.2) is 0 Å². The maximum Gasteiger partial charge on any atom is 0.0508 e. The normalized spacial score (nSPS) is 11.8. The fraction of sp³-hybridized carbons (Fsp3) is 0.273. The number of halogens is 1. The Bertz CT molecular complexity index is 287. The standard InChI is InChI=1S/C11H13BrS/c1-3-13-11(12)8-10-6-4-9(2)5-7-10/h4-8H,3H2,1-2H3/b11-8-. The number of hydrogen-bond acceptors (Lipinski definition) is 1. The van der Waals surface area contributed by atoms with E-state index in [4.69, 9.17) is 0 Å². The average molecular weight is 257 g/mol. The molecule has 0 fully saturated rings. The van der Waals surface area contributed by atoms with Crippen molar-refractivity contribution in [1.29, 1.82) is 0 Å². The Labute approximate surface area is 92.6 Å². The lowest BCUT2D eigenvalue weighted by Gasteiger charge is -1.97. The van der Waals surface area contributed by atoms with Crippen LogP contribution in [0.3, 0.4) is 0 Å². The van der Waals surface area contributed by atoms with E-state index >= 15 is 0 Å². The van der Waals surface area contributed by atoms with Crippen molar-refractivity contribution in [3.8, 4) is 0 Å². The van der Waals surface area contributed by atoms with Crippen LogP contribution in [0.1, 0.15) is 18.1 Å². The molecule has 0 unspecified atom stereocenters. The van der Waals surface area contributed by atoms with E-state index in [-0.39, 0.29) is 0 Å². The summed E-state index contributed by atoms with van der Waals surface area (Å²) in [6.07, 6.45) is 2.15. The number of hydrogen-bond donors (Lipinski definition) is 0. The molecule has 0 saturated carbocycles. The van der Waals surface area contributed by atoms with Crippen LogP contribution >= 0.6 is 27.7 Å². The third-order valence-electron chi connectivity index (χ3n) is 1.64. The SMILES string of the molecule is CCS/C(Br)=C\c1ccc(C)cc1. The van der Waals surface area contributed by atoms with Gasteiger partial charge >= 0.3 is 0 Å². The van der Waals surface area contributed by atoms with Crippen LogP contribution in [0.4, 0.5) is 0 Å². The van der Waals surface area contributed by atoms with Crippen molar-refractivity contribution >= 4 is 33.8 Å². The molecule has 0 aliphatic rings. The molecule has 0 aliphatic carbocycles. The van der Waals surface area contributed by atoms with Crippen molar-refractivity contribution in [2.24, 2.45) is 0 Å². The Kier molecular flexibility index (Phi) is 4.60. The molecule has 13 heavy (non-hydrogen) atoms. The average Bonchev–Trinajstić information content (AvgIpc) is 2.09. The first-order chi connectivity index (χ1) is 6.22. The third-order valence-corrected chi connectivity index (χ3v) is 3.24. The number of thioether (sulfide) groups is 1. The van der Waals surface area contributed by atoms with Crippen LogP contribution in [0, 0.1) is 6.92 Å². The van der Waals surface area contributed by atoms with Gasteiger partial charge in [0.25, 0.3) is 0 Å². The highest BCUT2D eigenvalue weighted by molar-refractivity contribution is 9.14. The summed E-state index contributed by atoms with van der Waals surface area (Å²) in [5, 5.41) is 0. The summed E-state index contributed by atoms with van der Waals surface area (Å²) >= 11 is 5.33. The van der Waals surface area contributed by atoms with E-state index in [9.17, 15) is 0 Å². The molecule has 2 heteroatoms. The van der Waals surface area contributed by atoms with Crippen LogP contribution in [0.15, 0.2) is 28.1 Å². The monoisotopic (exact) mass is 256 g/mol. The molecule has 0 heterocycles. The maximum absolute atomic E-state index is 3.52. The molecule has 1 aromatic carbocycles. The predicted octanol–water partition coefficient (Wildman–Crippen LogP) is 4.44. The second kappa shape index (κ2) is 5.51. The van der Waals surface area contributed by atoms with E-state index in [1.54, 1.807) is 0 Å². The molecule has 0 aliphatic heterocycles. The summed E-state index contributed by atoms with van der Waals surface area (Å²) in [6.45, 7) is 4.25. The van der Waals surface area contributed by atoms with Crippen molar-refractivity contribution in [2.75, 3.05) is 5.75 Å². The van der Waals surface area contributed by atoms with Gasteiger partial charge in [0.05, 0.1) is 3.81 Å². The van der Waals surface area contributed by atoms with Gasteiger partial charge in [-0.15, -0.1) is 11.8 Å². The van der Waals surface area contributed by atoms with Crippen LogP contribution in [0.5, 0.6) is 0 Å². The van der Waals surface area contributed by atoms with Gasteiger partial charge in [0.2, 0.25) is 0 Å². The minimum Gasteiger partial charge on any atom is -0.119 e. The molecular formula is C11H13BrS. The van der Waals surface area contributed by atoms with Crippen LogP contribution in [-0.4, -0.2) is 5.75 Å². The molecule has 1 rings (SSSR count). The molecule has 0 N–H and O–H groups in total. The van der Waals surface area contributed by atoms with E-state index in [0.29, 0.717) is 0 Å². The van der Waals surface area contributed by atoms with Crippen molar-refractivity contribution < 1.29 is 0 Å². The van der Waals surface area contributed by atoms with E-state index in [1.165, 1.54) is 14.9 Å². The zero-order valence-electron chi connectivity index (χ0n) is 7.88. The molecule has 0 bridgehead atoms. The van der Waals surface area contributed by atoms with E-state index < -0.39 is 0 Å². The summed E-state index contributed by atoms with van der Waals surface area (Å²) in [7, 11) is 0. The molecule has 1 aromatic rings. The summed E-state index contributed by atoms with van der Waals surface area (Å²) in [5.74, 6) is 1.10. The summed E-state index contributed by atoms with van der Waals surface area (Å²) in [6, 6.07) is 8.52. The quantitative estimate of drug-likeness (QED) is 0.771. The van der Waals surface area contributed by atoms with Gasteiger partial charge in [-0.1, -0.05) is 36.8 Å². The van der Waals surface area contributed by atoms with Crippen LogP contribution < -0.4 is 0 Å². The lowest BCUT2D eigenvalue weighted by molar-refractivity contribution is 1.46. The number of aryl methyl sites for hydroxylation is 1. The highest BCUT2D eigenvalue weighted by Crippen LogP contribution is 2.24. The topological polar surface area (TPSA) is 0 Å². The lowest BCUT2D eigenvalue weighted by atomic mass is 10.2. The molecule has 70 valence electrons. The molecular weight excluding hydrogens is 244 g/mol. The van der Waals surface area contributed by atoms with Gasteiger partial charge in [-0.25, -0.2) is 0 Å². The third kappa shape index (κ3) is 4.01. The second-order valence-corrected chi connectivity index (χ2v) is 5.48. The Morgan fingerprint density at radius 3 is 2.54 bits per heavy atom. The highest BCUT2D eigenvalue weighted by Gasteiger charge is 1.92. The molecule has 0 nitrogen and oxygen atoms in total. The minimum atomic E-state index is 1.10. The zero-order chi connectivity index (χ0) is 9.68. The van der Waals surface area contributed by atoms with E-state index in [0.717, 1.165) is 5.75 Å². The Balaban J connectivity index is 2.73. The van der Waals surface area contributed by atoms with Gasteiger partial charge in [-0.3, -0.25) is 0 Å². The Morgan fingerprint density at radius 2 is 2.00 bits per heavy atom. The molecule has 0 atom stereocenters. The zero-order valence-corrected chi connectivity index (χ0v) is 10.3. The largest absolute Gasteiger partial charge is 0.119 e. The van der Waals surface area contributed by atoms with Crippen LogP contribution in [0.2, 0.25) is 0 Å². The fourth-order valence-electron chi connectivity index (χ4n) is 0.973. The van der Waals surface area contributed by atoms with Crippen molar-refractivity contribution in [2.45, 2.75) is 13.8 Å². The Hall–Kier alpha value is -0.210. The first kappa shape index (κ1) is 10.9. The van der Waals surface area contributed by atoms with Gasteiger partial charge in [-0.2, -0.15) is 0 Å². The minimum absolute atomic E-state index is 1.10. The Morgan fingerprint density at radius 1 is 1.38 bits per heavy atom. The smallest absolute Gasteiger partial charge is 0.0508 e. The molecule has 0 spiro atoms. The lowest BCUT2D eigenvalue weighted by Crippen LogP contribution is -1.74. The predicted molar refractivity (Wildman–Crippen MR) is 66.2 cm³/mol. The van der Waals surface area contributed by atoms with E-state index in [2.05, 4.69) is 60.1 Å². The number of rotatable bonds is 3. The van der Waals surface area contributed by atoms with Gasteiger partial charge in [0.1, 0.15) is 0 Å². The molecule has 0 amide bonds. The molecule has 0 saturated heterocycles. The van der Waals surface area contributed by atoms with Crippen LogP contribution in [0.25, 0.3) is 6.08 Å². The molecule has 0 aromatic heterocycles.